The maximum Gasteiger partial charge on any atom is 0.317 e. The first kappa shape index (κ1) is 32.0. The van der Waals surface area contributed by atoms with Gasteiger partial charge in [-0.1, -0.05) is 12.1 Å². The van der Waals surface area contributed by atoms with E-state index >= 15 is 0 Å². The molecule has 0 aliphatic heterocycles. The van der Waals surface area contributed by atoms with E-state index in [9.17, 15) is 44.7 Å². The zero-order valence-corrected chi connectivity index (χ0v) is 23.6. The molecule has 3 aromatic carbocycles. The van der Waals surface area contributed by atoms with E-state index in [0.29, 0.717) is 17.4 Å². The molecule has 1 amide bonds. The predicted octanol–water partition coefficient (Wildman–Crippen LogP) is 7.06. The summed E-state index contributed by atoms with van der Waals surface area (Å²) >= 11 is 0. The van der Waals surface area contributed by atoms with Gasteiger partial charge in [-0.3, -0.25) is 9.59 Å². The second-order valence-electron chi connectivity index (χ2n) is 11.3. The van der Waals surface area contributed by atoms with Gasteiger partial charge >= 0.3 is 5.97 Å². The first-order valence-electron chi connectivity index (χ1n) is 13.8. The van der Waals surface area contributed by atoms with Crippen molar-refractivity contribution >= 4 is 11.9 Å². The number of carbonyl (C=O) groups excluding carboxylic acids is 2. The lowest BCUT2D eigenvalue weighted by atomic mass is 9.53. The molecule has 3 fully saturated rings. The van der Waals surface area contributed by atoms with Crippen LogP contribution in [0.4, 0.5) is 35.1 Å². The van der Waals surface area contributed by atoms with Crippen molar-refractivity contribution in [2.45, 2.75) is 45.1 Å². The van der Waals surface area contributed by atoms with Crippen molar-refractivity contribution in [2.24, 2.45) is 10.8 Å². The molecular formula is C31H25F8NO5. The smallest absolute Gasteiger partial charge is 0.317 e. The molecule has 45 heavy (non-hydrogen) atoms. The molecule has 3 aliphatic carbocycles. The molecule has 0 saturated heterocycles. The Hall–Kier alpha value is -4.36. The number of fused-ring (bicyclic) bond motifs is 3. The Kier molecular flexibility index (Phi) is 8.69. The summed E-state index contributed by atoms with van der Waals surface area (Å²) in [5, 5.41) is 2.48. The molecule has 6 nitrogen and oxygen atoms in total. The van der Waals surface area contributed by atoms with Crippen LogP contribution < -0.4 is 19.5 Å². The van der Waals surface area contributed by atoms with Crippen molar-refractivity contribution in [3.63, 3.8) is 0 Å². The fourth-order valence-corrected chi connectivity index (χ4v) is 5.83. The Bertz CT molecular complexity index is 1610. The molecule has 0 heterocycles. The summed E-state index contributed by atoms with van der Waals surface area (Å²) in [6, 6.07) is 6.90. The van der Waals surface area contributed by atoms with E-state index in [4.69, 9.17) is 14.2 Å². The molecule has 0 radical (unpaired) electrons. The van der Waals surface area contributed by atoms with Crippen LogP contribution in [0.5, 0.6) is 17.2 Å². The minimum absolute atomic E-state index is 0.0486. The zero-order chi connectivity index (χ0) is 32.7. The van der Waals surface area contributed by atoms with Gasteiger partial charge in [0.25, 0.3) is 5.91 Å². The molecule has 3 aromatic rings. The van der Waals surface area contributed by atoms with Crippen molar-refractivity contribution in [3.05, 3.63) is 88.0 Å². The number of rotatable bonds is 9. The van der Waals surface area contributed by atoms with Crippen molar-refractivity contribution < 1.29 is 58.9 Å². The first-order chi connectivity index (χ1) is 21.3. The second-order valence-corrected chi connectivity index (χ2v) is 11.3. The summed E-state index contributed by atoms with van der Waals surface area (Å²) in [7, 11) is 1.46. The highest BCUT2D eigenvalue weighted by atomic mass is 19.2. The van der Waals surface area contributed by atoms with Gasteiger partial charge in [-0.05, 0) is 67.7 Å². The topological polar surface area (TPSA) is 73.9 Å². The molecule has 0 unspecified atom stereocenters. The Balaban J connectivity index is 1.21. The van der Waals surface area contributed by atoms with E-state index in [0.717, 1.165) is 0 Å². The number of hydrogen-bond acceptors (Lipinski definition) is 5. The van der Waals surface area contributed by atoms with Crippen LogP contribution in [0.25, 0.3) is 0 Å². The first-order valence-corrected chi connectivity index (χ1v) is 13.8. The minimum Gasteiger partial charge on any atom is -0.497 e. The highest BCUT2D eigenvalue weighted by molar-refractivity contribution is 5.94. The molecule has 1 N–H and O–H groups in total. The van der Waals surface area contributed by atoms with E-state index in [1.807, 2.05) is 0 Å². The molecule has 240 valence electrons. The number of esters is 1. The largest absolute Gasteiger partial charge is 0.497 e. The molecule has 3 aliphatic rings. The predicted molar refractivity (Wildman–Crippen MR) is 140 cm³/mol. The lowest BCUT2D eigenvalue weighted by Crippen LogP contribution is -2.51. The summed E-state index contributed by atoms with van der Waals surface area (Å²) in [5.41, 5.74) is -2.22. The normalized spacial score (nSPS) is 20.6. The van der Waals surface area contributed by atoms with E-state index < -0.39 is 86.3 Å². The Morgan fingerprint density at radius 1 is 0.733 bits per heavy atom. The summed E-state index contributed by atoms with van der Waals surface area (Å²) in [6.45, 7) is -0.338. The zero-order valence-electron chi connectivity index (χ0n) is 23.6. The Morgan fingerprint density at radius 3 is 1.82 bits per heavy atom. The van der Waals surface area contributed by atoms with E-state index in [2.05, 4.69) is 5.32 Å². The van der Waals surface area contributed by atoms with Crippen LogP contribution in [0.3, 0.4) is 0 Å². The quantitative estimate of drug-likeness (QED) is 0.0889. The number of ether oxygens (including phenoxy) is 3. The Morgan fingerprint density at radius 2 is 1.27 bits per heavy atom. The molecule has 3 saturated carbocycles. The second kappa shape index (κ2) is 12.2. The molecular weight excluding hydrogens is 618 g/mol. The fraction of sp³-hybridized carbons (Fsp3) is 0.355. The molecule has 0 atom stereocenters. The molecule has 0 aromatic heterocycles. The van der Waals surface area contributed by atoms with Gasteiger partial charge in [0.05, 0.1) is 18.1 Å². The van der Waals surface area contributed by atoms with Crippen LogP contribution >= 0.6 is 0 Å². The highest BCUT2D eigenvalue weighted by Crippen LogP contribution is 2.57. The van der Waals surface area contributed by atoms with Gasteiger partial charge in [-0.25, -0.2) is 22.0 Å². The van der Waals surface area contributed by atoms with Crippen LogP contribution in [0, 0.1) is 57.4 Å². The average molecular weight is 644 g/mol. The average Bonchev–Trinajstić information content (AvgIpc) is 3.06. The number of halogens is 8. The van der Waals surface area contributed by atoms with Crippen molar-refractivity contribution in [1.82, 2.24) is 5.32 Å². The van der Waals surface area contributed by atoms with Crippen molar-refractivity contribution in [1.29, 1.82) is 0 Å². The van der Waals surface area contributed by atoms with Gasteiger partial charge in [0, 0.05) is 6.54 Å². The van der Waals surface area contributed by atoms with Gasteiger partial charge < -0.3 is 19.5 Å². The molecule has 6 rings (SSSR count). The molecule has 2 bridgehead atoms. The maximum atomic E-state index is 14.8. The minimum atomic E-state index is -2.38. The SMILES string of the molecule is COc1ccc(COc2c(F)cc(C(=O)NCC34CCC(C(=O)Oc5c(F)c(F)c(F)c(F)c5F)(CC3)CC4)c(F)c2F)cc1. The summed E-state index contributed by atoms with van der Waals surface area (Å²) in [4.78, 5) is 25.7. The summed E-state index contributed by atoms with van der Waals surface area (Å²) < 4.78 is 128. The third-order valence-corrected chi connectivity index (χ3v) is 8.73. The van der Waals surface area contributed by atoms with Crippen LogP contribution in [-0.2, 0) is 11.4 Å². The van der Waals surface area contributed by atoms with E-state index in [1.54, 1.807) is 24.3 Å². The number of amides is 1. The third-order valence-electron chi connectivity index (χ3n) is 8.73. The van der Waals surface area contributed by atoms with E-state index in [-0.39, 0.29) is 51.7 Å². The van der Waals surface area contributed by atoms with E-state index in [1.165, 1.54) is 7.11 Å². The number of benzene rings is 3. The van der Waals surface area contributed by atoms with Crippen molar-refractivity contribution in [3.8, 4) is 17.2 Å². The highest BCUT2D eigenvalue weighted by Gasteiger charge is 2.53. The van der Waals surface area contributed by atoms with Gasteiger partial charge in [-0.15, -0.1) is 0 Å². The summed E-state index contributed by atoms with van der Waals surface area (Å²) in [5.74, 6) is -20.4. The lowest BCUT2D eigenvalue weighted by molar-refractivity contribution is -0.156. The Labute approximate surface area is 251 Å². The number of nitrogens with one attached hydrogen (secondary N) is 1. The van der Waals surface area contributed by atoms with Crippen LogP contribution in [0.1, 0.15) is 54.4 Å². The summed E-state index contributed by atoms with van der Waals surface area (Å²) in [6.07, 6.45) is 1.16. The molecule has 14 heteroatoms. The van der Waals surface area contributed by atoms with Gasteiger partial charge in [0.2, 0.25) is 40.7 Å². The van der Waals surface area contributed by atoms with Crippen LogP contribution in [0.15, 0.2) is 30.3 Å². The van der Waals surface area contributed by atoms with Gasteiger partial charge in [0.1, 0.15) is 12.4 Å². The van der Waals surface area contributed by atoms with Crippen LogP contribution in [0.2, 0.25) is 0 Å². The molecule has 0 spiro atoms. The number of methoxy groups -OCH3 is 1. The monoisotopic (exact) mass is 643 g/mol. The third kappa shape index (κ3) is 5.89. The number of hydrogen-bond donors (Lipinski definition) is 1. The van der Waals surface area contributed by atoms with Crippen molar-refractivity contribution in [2.75, 3.05) is 13.7 Å². The number of carbonyl (C=O) groups is 2. The maximum absolute atomic E-state index is 14.8. The van der Waals surface area contributed by atoms with Crippen LogP contribution in [-0.4, -0.2) is 25.5 Å². The fourth-order valence-electron chi connectivity index (χ4n) is 5.83. The van der Waals surface area contributed by atoms with Gasteiger partial charge in [0.15, 0.2) is 17.4 Å². The van der Waals surface area contributed by atoms with Gasteiger partial charge in [-0.2, -0.15) is 13.2 Å². The standard InChI is InChI=1S/C31H25F8NO5/c1-43-16-4-2-15(3-5-16)13-44-26-18(32)12-17(19(33)23(26)37)28(41)40-14-30-6-9-31(10-7-30,11-8-30)29(42)45-27-24(38)21(35)20(34)22(36)25(27)39/h2-5,12H,6-11,13-14H2,1H3,(H,40,41). The lowest BCUT2D eigenvalue weighted by Gasteiger charge is -2.51.